The van der Waals surface area contributed by atoms with E-state index in [4.69, 9.17) is 10.3 Å². The van der Waals surface area contributed by atoms with Crippen LogP contribution in [0.2, 0.25) is 0 Å². The van der Waals surface area contributed by atoms with Gasteiger partial charge in [0.15, 0.2) is 11.5 Å². The Balaban J connectivity index is 1.49. The number of hydrogen-bond donors (Lipinski definition) is 2. The van der Waals surface area contributed by atoms with Crippen molar-refractivity contribution in [3.63, 3.8) is 0 Å². The molecule has 4 aromatic rings. The molecule has 3 N–H and O–H groups in total. The van der Waals surface area contributed by atoms with Gasteiger partial charge in [-0.15, -0.1) is 5.10 Å². The van der Waals surface area contributed by atoms with Gasteiger partial charge in [-0.3, -0.25) is 4.79 Å². The minimum atomic E-state index is -0.290. The normalized spacial score (nSPS) is 10.8. The molecule has 0 aliphatic rings. The highest BCUT2D eigenvalue weighted by Crippen LogP contribution is 2.25. The molecule has 0 radical (unpaired) electrons. The number of benzene rings is 2. The first-order valence-corrected chi connectivity index (χ1v) is 9.44. The van der Waals surface area contributed by atoms with Crippen molar-refractivity contribution < 1.29 is 9.32 Å². The average molecular weight is 454 g/mol. The Labute approximate surface area is 174 Å². The molecule has 1 amide bonds. The van der Waals surface area contributed by atoms with E-state index in [1.165, 1.54) is 4.68 Å². The number of carbonyl (C=O) groups excluding carboxylic acids is 1. The summed E-state index contributed by atoms with van der Waals surface area (Å²) in [4.78, 5) is 16.6. The molecule has 2 heterocycles. The number of carbonyl (C=O) groups is 1. The van der Waals surface area contributed by atoms with Gasteiger partial charge < -0.3 is 15.6 Å². The molecule has 0 bridgehead atoms. The number of halogens is 1. The monoisotopic (exact) mass is 453 g/mol. The van der Waals surface area contributed by atoms with Gasteiger partial charge in [0.1, 0.15) is 6.54 Å². The number of nitrogens with one attached hydrogen (secondary N) is 1. The summed E-state index contributed by atoms with van der Waals surface area (Å²) in [6, 6.07) is 14.9. The van der Waals surface area contributed by atoms with Crippen molar-refractivity contribution in [3.8, 4) is 23.0 Å². The zero-order valence-electron chi connectivity index (χ0n) is 15.3. The first kappa shape index (κ1) is 18.8. The molecule has 9 nitrogen and oxygen atoms in total. The Hall–Kier alpha value is -3.53. The Morgan fingerprint density at radius 1 is 1.17 bits per heavy atom. The molecule has 29 heavy (non-hydrogen) atoms. The third-order valence-electron chi connectivity index (χ3n) is 4.13. The van der Waals surface area contributed by atoms with Gasteiger partial charge in [0.25, 0.3) is 5.89 Å². The third kappa shape index (κ3) is 4.16. The Morgan fingerprint density at radius 3 is 2.62 bits per heavy atom. The third-order valence-corrected chi connectivity index (χ3v) is 4.66. The zero-order valence-corrected chi connectivity index (χ0v) is 16.9. The van der Waals surface area contributed by atoms with Crippen LogP contribution < -0.4 is 11.1 Å². The van der Waals surface area contributed by atoms with E-state index in [1.54, 1.807) is 12.1 Å². The molecule has 2 aromatic carbocycles. The van der Waals surface area contributed by atoms with Gasteiger partial charge in [-0.2, -0.15) is 4.98 Å². The van der Waals surface area contributed by atoms with Crippen LogP contribution in [-0.4, -0.2) is 31.0 Å². The summed E-state index contributed by atoms with van der Waals surface area (Å²) in [7, 11) is 0. The van der Waals surface area contributed by atoms with Gasteiger partial charge in [-0.05, 0) is 31.2 Å². The number of nitrogens with zero attached hydrogens (tertiary/aromatic N) is 5. The molecule has 4 rings (SSSR count). The van der Waals surface area contributed by atoms with Crippen molar-refractivity contribution in [2.75, 3.05) is 11.1 Å². The maximum absolute atomic E-state index is 12.3. The number of hydrogen-bond acceptors (Lipinski definition) is 7. The van der Waals surface area contributed by atoms with E-state index in [-0.39, 0.29) is 29.9 Å². The summed E-state index contributed by atoms with van der Waals surface area (Å²) in [5.74, 6) is 0.427. The van der Waals surface area contributed by atoms with Crippen LogP contribution in [0.15, 0.2) is 57.5 Å². The van der Waals surface area contributed by atoms with E-state index in [0.29, 0.717) is 11.5 Å². The minimum Gasteiger partial charge on any atom is -0.382 e. The highest BCUT2D eigenvalue weighted by Gasteiger charge is 2.20. The molecule has 0 unspecified atom stereocenters. The molecule has 0 fully saturated rings. The van der Waals surface area contributed by atoms with Gasteiger partial charge >= 0.3 is 0 Å². The zero-order chi connectivity index (χ0) is 20.4. The fraction of sp³-hybridized carbons (Fsp3) is 0.105. The Kier molecular flexibility index (Phi) is 5.09. The molecule has 0 aliphatic carbocycles. The number of rotatable bonds is 5. The quantitative estimate of drug-likeness (QED) is 0.474. The second kappa shape index (κ2) is 7.84. The fourth-order valence-corrected chi connectivity index (χ4v) is 2.86. The number of anilines is 2. The largest absolute Gasteiger partial charge is 0.382 e. The lowest BCUT2D eigenvalue weighted by Crippen LogP contribution is -2.20. The standard InChI is InChI=1S/C19H16BrN7O2/c1-11-2-4-12(5-3-11)18-23-19(29-25-18)16-17(21)27(26-24-16)10-15(28)22-14-8-6-13(20)7-9-14/h2-9H,10,21H2,1H3,(H,22,28). The van der Waals surface area contributed by atoms with Crippen LogP contribution in [0, 0.1) is 6.92 Å². The van der Waals surface area contributed by atoms with Crippen LogP contribution in [0.3, 0.4) is 0 Å². The molecule has 0 atom stereocenters. The second-order valence-electron chi connectivity index (χ2n) is 6.33. The highest BCUT2D eigenvalue weighted by molar-refractivity contribution is 9.10. The van der Waals surface area contributed by atoms with Crippen LogP contribution in [0.4, 0.5) is 11.5 Å². The van der Waals surface area contributed by atoms with E-state index in [9.17, 15) is 4.79 Å². The van der Waals surface area contributed by atoms with Crippen molar-refractivity contribution in [1.29, 1.82) is 0 Å². The number of nitrogen functional groups attached to an aromatic ring is 1. The molecular formula is C19H16BrN7O2. The van der Waals surface area contributed by atoms with Crippen molar-refractivity contribution in [3.05, 3.63) is 58.6 Å². The SMILES string of the molecule is Cc1ccc(-c2noc(-c3nnn(CC(=O)Nc4ccc(Br)cc4)c3N)n2)cc1. The molecule has 146 valence electrons. The molecule has 0 saturated heterocycles. The van der Waals surface area contributed by atoms with E-state index in [2.05, 4.69) is 41.7 Å². The number of amides is 1. The van der Waals surface area contributed by atoms with Gasteiger partial charge in [-0.1, -0.05) is 56.1 Å². The van der Waals surface area contributed by atoms with Crippen LogP contribution in [-0.2, 0) is 11.3 Å². The van der Waals surface area contributed by atoms with Gasteiger partial charge in [-0.25, -0.2) is 4.68 Å². The van der Waals surface area contributed by atoms with Crippen LogP contribution in [0.5, 0.6) is 0 Å². The Morgan fingerprint density at radius 2 is 1.90 bits per heavy atom. The highest BCUT2D eigenvalue weighted by atomic mass is 79.9. The summed E-state index contributed by atoms with van der Waals surface area (Å²) in [5, 5.41) is 14.6. The summed E-state index contributed by atoms with van der Waals surface area (Å²) in [6.45, 7) is 1.89. The number of aryl methyl sites for hydroxylation is 1. The van der Waals surface area contributed by atoms with E-state index in [1.807, 2.05) is 43.3 Å². The minimum absolute atomic E-state index is 0.103. The summed E-state index contributed by atoms with van der Waals surface area (Å²) >= 11 is 3.35. The van der Waals surface area contributed by atoms with Crippen molar-refractivity contribution >= 4 is 33.3 Å². The second-order valence-corrected chi connectivity index (χ2v) is 7.24. The lowest BCUT2D eigenvalue weighted by atomic mass is 10.1. The van der Waals surface area contributed by atoms with Crippen molar-refractivity contribution in [2.45, 2.75) is 13.5 Å². The first-order valence-electron chi connectivity index (χ1n) is 8.65. The molecule has 2 aromatic heterocycles. The summed E-state index contributed by atoms with van der Waals surface area (Å²) in [6.07, 6.45) is 0. The van der Waals surface area contributed by atoms with Crippen molar-refractivity contribution in [2.24, 2.45) is 0 Å². The van der Waals surface area contributed by atoms with E-state index in [0.717, 1.165) is 15.6 Å². The maximum Gasteiger partial charge on any atom is 0.282 e. The smallest absolute Gasteiger partial charge is 0.282 e. The lowest BCUT2D eigenvalue weighted by Gasteiger charge is -2.06. The Bertz CT molecular complexity index is 1150. The molecule has 0 spiro atoms. The fourth-order valence-electron chi connectivity index (χ4n) is 2.60. The van der Waals surface area contributed by atoms with E-state index < -0.39 is 0 Å². The molecule has 0 saturated carbocycles. The van der Waals surface area contributed by atoms with Crippen LogP contribution in [0.25, 0.3) is 23.0 Å². The predicted molar refractivity (Wildman–Crippen MR) is 111 cm³/mol. The molecule has 0 aliphatic heterocycles. The maximum atomic E-state index is 12.3. The molecule has 10 heteroatoms. The predicted octanol–water partition coefficient (Wildman–Crippen LogP) is 3.29. The van der Waals surface area contributed by atoms with Gasteiger partial charge in [0.2, 0.25) is 11.7 Å². The summed E-state index contributed by atoms with van der Waals surface area (Å²) in [5.41, 5.74) is 8.92. The lowest BCUT2D eigenvalue weighted by molar-refractivity contribution is -0.116. The van der Waals surface area contributed by atoms with E-state index >= 15 is 0 Å². The molecular weight excluding hydrogens is 438 g/mol. The number of aromatic nitrogens is 5. The van der Waals surface area contributed by atoms with Crippen molar-refractivity contribution in [1.82, 2.24) is 25.1 Å². The summed E-state index contributed by atoms with van der Waals surface area (Å²) < 4.78 is 7.48. The first-order chi connectivity index (χ1) is 14.0. The van der Waals surface area contributed by atoms with Gasteiger partial charge in [0, 0.05) is 15.7 Å². The topological polar surface area (TPSA) is 125 Å². The van der Waals surface area contributed by atoms with Gasteiger partial charge in [0.05, 0.1) is 0 Å². The van der Waals surface area contributed by atoms with Crippen LogP contribution in [0.1, 0.15) is 5.56 Å². The average Bonchev–Trinajstić information content (AvgIpc) is 3.32. The van der Waals surface area contributed by atoms with Crippen LogP contribution >= 0.6 is 15.9 Å². The number of nitrogens with two attached hydrogens (primary N) is 1.